The first-order valence-corrected chi connectivity index (χ1v) is 16.5. The van der Waals surface area contributed by atoms with Crippen molar-refractivity contribution in [1.29, 1.82) is 0 Å². The number of hydrogen-bond acceptors (Lipinski definition) is 2. The third-order valence-electron chi connectivity index (χ3n) is 8.43. The zero-order valence-electron chi connectivity index (χ0n) is 25.8. The van der Waals surface area contributed by atoms with Crippen molar-refractivity contribution in [1.82, 2.24) is 4.31 Å². The van der Waals surface area contributed by atoms with Gasteiger partial charge in [-0.1, -0.05) is 89.0 Å². The lowest BCUT2D eigenvalue weighted by molar-refractivity contribution is -0.938. The fourth-order valence-corrected chi connectivity index (χ4v) is 7.75. The molecular formula is C36H47N2O2S+. The van der Waals surface area contributed by atoms with Gasteiger partial charge >= 0.3 is 0 Å². The fourth-order valence-electron chi connectivity index (χ4n) is 6.25. The fraction of sp³-hybridized carbons (Fsp3) is 0.389. The van der Waals surface area contributed by atoms with Crippen LogP contribution in [-0.4, -0.2) is 43.4 Å². The van der Waals surface area contributed by atoms with Gasteiger partial charge in [0, 0.05) is 18.7 Å². The average molecular weight is 572 g/mol. The van der Waals surface area contributed by atoms with Gasteiger partial charge in [-0.2, -0.15) is 4.31 Å². The van der Waals surface area contributed by atoms with Crippen molar-refractivity contribution in [3.63, 3.8) is 0 Å². The van der Waals surface area contributed by atoms with Crippen molar-refractivity contribution in [3.8, 4) is 0 Å². The lowest BCUT2D eigenvalue weighted by Gasteiger charge is -2.37. The molecule has 0 N–H and O–H groups in total. The van der Waals surface area contributed by atoms with Crippen molar-refractivity contribution in [2.45, 2.75) is 72.4 Å². The third-order valence-corrected chi connectivity index (χ3v) is 10.3. The molecule has 0 aliphatic carbocycles. The summed E-state index contributed by atoms with van der Waals surface area (Å²) in [5.74, 6) is 0. The highest BCUT2D eigenvalue weighted by Gasteiger charge is 2.27. The highest BCUT2D eigenvalue weighted by atomic mass is 32.2. The molecule has 4 rings (SSSR count). The van der Waals surface area contributed by atoms with Crippen LogP contribution < -0.4 is 0 Å². The molecule has 0 unspecified atom stereocenters. The maximum Gasteiger partial charge on any atom is 0.243 e. The van der Waals surface area contributed by atoms with Gasteiger partial charge in [0.05, 0.1) is 24.5 Å². The minimum absolute atomic E-state index is 0.364. The SMILES string of the molecule is CC[N+](CC)(CCCCN(Cc1cc(C)cc(C)c1)S(=O)(=O)c1ccc2ccccc2c1)Cc1cc(C)cc(C)c1. The summed E-state index contributed by atoms with van der Waals surface area (Å²) >= 11 is 0. The van der Waals surface area contributed by atoms with Gasteiger partial charge in [0.1, 0.15) is 6.54 Å². The Kier molecular flexibility index (Phi) is 10.1. The normalized spacial score (nSPS) is 12.4. The first kappa shape index (κ1) is 31.0. The molecule has 0 atom stereocenters. The van der Waals surface area contributed by atoms with Gasteiger partial charge in [0.25, 0.3) is 0 Å². The Morgan fingerprint density at radius 2 is 1.22 bits per heavy atom. The molecule has 0 aliphatic rings. The maximum atomic E-state index is 14.1. The van der Waals surface area contributed by atoms with E-state index < -0.39 is 10.0 Å². The second-order valence-corrected chi connectivity index (χ2v) is 13.8. The predicted octanol–water partition coefficient (Wildman–Crippen LogP) is 8.10. The number of nitrogens with zero attached hydrogens (tertiary/aromatic N) is 2. The summed E-state index contributed by atoms with van der Waals surface area (Å²) in [5, 5.41) is 1.99. The van der Waals surface area contributed by atoms with E-state index in [-0.39, 0.29) is 0 Å². The minimum Gasteiger partial charge on any atom is -0.320 e. The number of hydrogen-bond donors (Lipinski definition) is 0. The molecule has 218 valence electrons. The Morgan fingerprint density at radius 1 is 0.659 bits per heavy atom. The van der Waals surface area contributed by atoms with E-state index in [0.29, 0.717) is 18.0 Å². The van der Waals surface area contributed by atoms with E-state index in [9.17, 15) is 8.42 Å². The van der Waals surface area contributed by atoms with Crippen molar-refractivity contribution < 1.29 is 12.9 Å². The number of fused-ring (bicyclic) bond motifs is 1. The van der Waals surface area contributed by atoms with Crippen LogP contribution in [0, 0.1) is 27.7 Å². The molecular weight excluding hydrogens is 524 g/mol. The van der Waals surface area contributed by atoms with E-state index in [0.717, 1.165) is 71.0 Å². The van der Waals surface area contributed by atoms with Gasteiger partial charge in [0.15, 0.2) is 0 Å². The molecule has 41 heavy (non-hydrogen) atoms. The standard InChI is InChI=1S/C36H47N2O2S/c1-7-38(8-2,27-33-23-30(5)20-31(6)24-33)18-12-11-17-37(26-32-21-28(3)19-29(4)22-32)41(39,40)36-16-15-34-13-9-10-14-35(34)25-36/h9-10,13-16,19-25H,7-8,11-12,17-18,26-27H2,1-6H3/q+1. The number of aryl methyl sites for hydroxylation is 4. The Bertz CT molecular complexity index is 1550. The summed E-state index contributed by atoms with van der Waals surface area (Å²) < 4.78 is 30.9. The van der Waals surface area contributed by atoms with Crippen LogP contribution in [-0.2, 0) is 23.1 Å². The molecule has 0 heterocycles. The van der Waals surface area contributed by atoms with Gasteiger partial charge in [-0.15, -0.1) is 0 Å². The zero-order chi connectivity index (χ0) is 29.6. The molecule has 4 aromatic rings. The van der Waals surface area contributed by atoms with E-state index >= 15 is 0 Å². The first-order valence-electron chi connectivity index (χ1n) is 15.0. The zero-order valence-corrected chi connectivity index (χ0v) is 26.6. The highest BCUT2D eigenvalue weighted by Crippen LogP contribution is 2.25. The van der Waals surface area contributed by atoms with E-state index in [2.05, 4.69) is 77.9 Å². The monoisotopic (exact) mass is 571 g/mol. The molecule has 0 spiro atoms. The largest absolute Gasteiger partial charge is 0.320 e. The van der Waals surface area contributed by atoms with Gasteiger partial charge in [-0.3, -0.25) is 0 Å². The second-order valence-electron chi connectivity index (χ2n) is 11.9. The van der Waals surface area contributed by atoms with Crippen molar-refractivity contribution in [2.75, 3.05) is 26.2 Å². The van der Waals surface area contributed by atoms with Crippen LogP contribution in [0.15, 0.2) is 83.8 Å². The lowest BCUT2D eigenvalue weighted by atomic mass is 10.1. The van der Waals surface area contributed by atoms with E-state index in [1.54, 1.807) is 10.4 Å². The number of rotatable bonds is 13. The van der Waals surface area contributed by atoms with Crippen LogP contribution in [0.1, 0.15) is 60.1 Å². The molecule has 4 nitrogen and oxygen atoms in total. The molecule has 0 aliphatic heterocycles. The number of quaternary nitrogens is 1. The predicted molar refractivity (Wildman–Crippen MR) is 173 cm³/mol. The smallest absolute Gasteiger partial charge is 0.243 e. The number of unbranched alkanes of at least 4 members (excludes halogenated alkanes) is 1. The van der Waals surface area contributed by atoms with E-state index in [1.807, 2.05) is 36.4 Å². The summed E-state index contributed by atoms with van der Waals surface area (Å²) in [4.78, 5) is 0.364. The molecule has 0 aromatic heterocycles. The molecule has 0 saturated carbocycles. The van der Waals surface area contributed by atoms with Crippen molar-refractivity contribution in [3.05, 3.63) is 112 Å². The molecule has 0 radical (unpaired) electrons. The van der Waals surface area contributed by atoms with Crippen LogP contribution in [0.25, 0.3) is 10.8 Å². The molecule has 0 amide bonds. The van der Waals surface area contributed by atoms with Gasteiger partial charge in [-0.05, 0) is 82.9 Å². The van der Waals surface area contributed by atoms with Crippen LogP contribution >= 0.6 is 0 Å². The Hall–Kier alpha value is -2.99. The summed E-state index contributed by atoms with van der Waals surface area (Å²) in [6.07, 6.45) is 1.80. The molecule has 0 fully saturated rings. The second kappa shape index (κ2) is 13.3. The molecule has 0 bridgehead atoms. The molecule has 0 saturated heterocycles. The van der Waals surface area contributed by atoms with Gasteiger partial charge < -0.3 is 4.48 Å². The van der Waals surface area contributed by atoms with Crippen molar-refractivity contribution >= 4 is 20.8 Å². The van der Waals surface area contributed by atoms with Crippen molar-refractivity contribution in [2.24, 2.45) is 0 Å². The maximum absolute atomic E-state index is 14.1. The Balaban J connectivity index is 1.54. The molecule has 5 heteroatoms. The summed E-state index contributed by atoms with van der Waals surface area (Å²) in [5.41, 5.74) is 7.36. The van der Waals surface area contributed by atoms with E-state index in [1.165, 1.54) is 16.7 Å². The average Bonchev–Trinajstić information content (AvgIpc) is 2.92. The van der Waals surface area contributed by atoms with Crippen LogP contribution in [0.2, 0.25) is 0 Å². The van der Waals surface area contributed by atoms with Crippen LogP contribution in [0.5, 0.6) is 0 Å². The molecule has 4 aromatic carbocycles. The topological polar surface area (TPSA) is 37.4 Å². The number of sulfonamides is 1. The van der Waals surface area contributed by atoms with E-state index in [4.69, 9.17) is 0 Å². The summed E-state index contributed by atoms with van der Waals surface area (Å²) in [7, 11) is -3.67. The van der Waals surface area contributed by atoms with Crippen LogP contribution in [0.3, 0.4) is 0 Å². The van der Waals surface area contributed by atoms with Crippen LogP contribution in [0.4, 0.5) is 0 Å². The van der Waals surface area contributed by atoms with Gasteiger partial charge in [0.2, 0.25) is 10.0 Å². The number of benzene rings is 4. The summed E-state index contributed by atoms with van der Waals surface area (Å²) in [6.45, 7) is 18.1. The Morgan fingerprint density at radius 3 is 1.80 bits per heavy atom. The lowest BCUT2D eigenvalue weighted by Crippen LogP contribution is -2.47. The first-order chi connectivity index (χ1) is 19.5. The Labute approximate surface area is 248 Å². The highest BCUT2D eigenvalue weighted by molar-refractivity contribution is 7.89. The third kappa shape index (κ3) is 7.85. The van der Waals surface area contributed by atoms with Gasteiger partial charge in [-0.25, -0.2) is 8.42 Å². The summed E-state index contributed by atoms with van der Waals surface area (Å²) in [6, 6.07) is 26.6. The quantitative estimate of drug-likeness (QED) is 0.120. The minimum atomic E-state index is -3.67.